The van der Waals surface area contributed by atoms with Crippen molar-refractivity contribution in [3.63, 3.8) is 0 Å². The smallest absolute Gasteiger partial charge is 0.0731 e. The number of hydrogen-bond donors (Lipinski definition) is 1. The van der Waals surface area contributed by atoms with Crippen LogP contribution in [0.2, 0.25) is 0 Å². The van der Waals surface area contributed by atoms with Crippen molar-refractivity contribution in [1.29, 1.82) is 0 Å². The van der Waals surface area contributed by atoms with Gasteiger partial charge >= 0.3 is 0 Å². The maximum absolute atomic E-state index is 5.78. The lowest BCUT2D eigenvalue weighted by atomic mass is 10.2. The quantitative estimate of drug-likeness (QED) is 0.798. The van der Waals surface area contributed by atoms with Gasteiger partial charge < -0.3 is 10.1 Å². The third-order valence-electron chi connectivity index (χ3n) is 2.85. The largest absolute Gasteiger partial charge is 0.374 e. The Morgan fingerprint density at radius 3 is 2.65 bits per heavy atom. The van der Waals surface area contributed by atoms with Crippen molar-refractivity contribution in [2.75, 3.05) is 0 Å². The molecule has 0 aromatic carbocycles. The van der Waals surface area contributed by atoms with Crippen LogP contribution < -0.4 is 5.32 Å². The summed E-state index contributed by atoms with van der Waals surface area (Å²) in [5, 5.41) is 3.45. The Bertz CT molecular complexity index is 333. The molecule has 1 unspecified atom stereocenters. The zero-order chi connectivity index (χ0) is 12.8. The molecule has 0 fully saturated rings. The van der Waals surface area contributed by atoms with Crippen LogP contribution >= 0.6 is 11.3 Å². The summed E-state index contributed by atoms with van der Waals surface area (Å²) in [5.74, 6) is 0. The Hall–Kier alpha value is -0.380. The molecule has 1 N–H and O–H groups in total. The topological polar surface area (TPSA) is 21.3 Å². The third-order valence-corrected chi connectivity index (χ3v) is 3.95. The minimum absolute atomic E-state index is 0.353. The molecule has 0 aliphatic rings. The Morgan fingerprint density at radius 1 is 1.35 bits per heavy atom. The van der Waals surface area contributed by atoms with Crippen molar-refractivity contribution in [1.82, 2.24) is 5.32 Å². The van der Waals surface area contributed by atoms with E-state index in [1.165, 1.54) is 15.3 Å². The fourth-order valence-corrected chi connectivity index (χ4v) is 2.47. The highest BCUT2D eigenvalue weighted by molar-refractivity contribution is 7.12. The minimum atomic E-state index is 0.353. The van der Waals surface area contributed by atoms with Gasteiger partial charge in [-0.2, -0.15) is 0 Å². The van der Waals surface area contributed by atoms with Gasteiger partial charge in [-0.1, -0.05) is 20.8 Å². The van der Waals surface area contributed by atoms with Gasteiger partial charge in [-0.05, 0) is 31.9 Å². The monoisotopic (exact) mass is 255 g/mol. The van der Waals surface area contributed by atoms with Crippen LogP contribution in [0.25, 0.3) is 0 Å². The van der Waals surface area contributed by atoms with E-state index in [1.54, 1.807) is 0 Å². The van der Waals surface area contributed by atoms with E-state index in [0.717, 1.165) is 19.6 Å². The number of aryl methyl sites for hydroxylation is 1. The summed E-state index contributed by atoms with van der Waals surface area (Å²) in [6, 6.07) is 2.81. The van der Waals surface area contributed by atoms with Gasteiger partial charge in [0.1, 0.15) is 0 Å². The second-order valence-corrected chi connectivity index (χ2v) is 6.20. The molecule has 2 nitrogen and oxygen atoms in total. The van der Waals surface area contributed by atoms with Crippen LogP contribution in [-0.4, -0.2) is 12.1 Å². The van der Waals surface area contributed by atoms with E-state index in [4.69, 9.17) is 4.74 Å². The van der Waals surface area contributed by atoms with Crippen molar-refractivity contribution in [3.05, 3.63) is 21.4 Å². The predicted molar refractivity (Wildman–Crippen MR) is 75.6 cm³/mol. The summed E-state index contributed by atoms with van der Waals surface area (Å²) in [7, 11) is 0. The Kier molecular flexibility index (Phi) is 6.17. The van der Waals surface area contributed by atoms with Crippen molar-refractivity contribution in [3.8, 4) is 0 Å². The lowest BCUT2D eigenvalue weighted by Gasteiger charge is -2.09. The Balaban J connectivity index is 2.50. The molecular weight excluding hydrogens is 230 g/mol. The van der Waals surface area contributed by atoms with Gasteiger partial charge in [-0.25, -0.2) is 0 Å². The van der Waals surface area contributed by atoms with E-state index in [0.29, 0.717) is 12.1 Å². The zero-order valence-corrected chi connectivity index (χ0v) is 12.5. The Morgan fingerprint density at radius 2 is 2.06 bits per heavy atom. The highest BCUT2D eigenvalue weighted by Gasteiger charge is 2.07. The first-order valence-corrected chi connectivity index (χ1v) is 7.27. The molecule has 1 aromatic heterocycles. The van der Waals surface area contributed by atoms with Gasteiger partial charge in [-0.15, -0.1) is 11.3 Å². The number of ether oxygens (including phenoxy) is 1. The summed E-state index contributed by atoms with van der Waals surface area (Å²) in [4.78, 5) is 2.79. The molecule has 0 spiro atoms. The van der Waals surface area contributed by atoms with Gasteiger partial charge in [0.2, 0.25) is 0 Å². The normalized spacial score (nSPS) is 13.3. The molecule has 0 aliphatic carbocycles. The fraction of sp³-hybridized carbons (Fsp3) is 0.714. The average Bonchev–Trinajstić information content (AvgIpc) is 2.64. The lowest BCUT2D eigenvalue weighted by molar-refractivity contribution is 0.0508. The molecule has 1 atom stereocenters. The van der Waals surface area contributed by atoms with Crippen LogP contribution in [0.1, 0.15) is 49.4 Å². The second kappa shape index (κ2) is 7.14. The number of hydrogen-bond acceptors (Lipinski definition) is 3. The zero-order valence-electron chi connectivity index (χ0n) is 11.7. The van der Waals surface area contributed by atoms with Crippen LogP contribution in [0.4, 0.5) is 0 Å². The Labute approximate surface area is 109 Å². The molecule has 0 aliphatic heterocycles. The molecule has 0 saturated heterocycles. The van der Waals surface area contributed by atoms with Crippen LogP contribution in [-0.2, 0) is 17.9 Å². The first-order valence-electron chi connectivity index (χ1n) is 6.46. The molecule has 17 heavy (non-hydrogen) atoms. The fourth-order valence-electron chi connectivity index (χ4n) is 1.47. The molecule has 1 heterocycles. The second-order valence-electron chi connectivity index (χ2n) is 4.86. The SMILES string of the molecule is CCC(C)OCc1cc(CNC(C)C)sc1C. The predicted octanol–water partition coefficient (Wildman–Crippen LogP) is 3.87. The summed E-state index contributed by atoms with van der Waals surface area (Å²) in [6.07, 6.45) is 1.43. The van der Waals surface area contributed by atoms with Crippen LogP contribution in [0.3, 0.4) is 0 Å². The highest BCUT2D eigenvalue weighted by atomic mass is 32.1. The maximum Gasteiger partial charge on any atom is 0.0731 e. The average molecular weight is 255 g/mol. The first-order chi connectivity index (χ1) is 8.02. The van der Waals surface area contributed by atoms with E-state index in [-0.39, 0.29) is 0 Å². The molecule has 0 saturated carbocycles. The van der Waals surface area contributed by atoms with Gasteiger partial charge in [-0.3, -0.25) is 0 Å². The molecule has 0 radical (unpaired) electrons. The summed E-state index contributed by atoms with van der Waals surface area (Å²) >= 11 is 1.87. The third kappa shape index (κ3) is 5.19. The van der Waals surface area contributed by atoms with Crippen molar-refractivity contribution < 1.29 is 4.74 Å². The van der Waals surface area contributed by atoms with Crippen molar-refractivity contribution in [2.24, 2.45) is 0 Å². The number of nitrogens with one attached hydrogen (secondary N) is 1. The van der Waals surface area contributed by atoms with E-state index in [9.17, 15) is 0 Å². The summed E-state index contributed by atoms with van der Waals surface area (Å²) in [5.41, 5.74) is 1.34. The van der Waals surface area contributed by atoms with Gasteiger partial charge in [0.05, 0.1) is 12.7 Å². The standard InChI is InChI=1S/C14H25NOS/c1-6-11(4)16-9-13-7-14(17-12(13)5)8-15-10(2)3/h7,10-11,15H,6,8-9H2,1-5H3. The number of thiophene rings is 1. The lowest BCUT2D eigenvalue weighted by Crippen LogP contribution is -2.21. The van der Waals surface area contributed by atoms with E-state index in [1.807, 2.05) is 11.3 Å². The molecule has 3 heteroatoms. The van der Waals surface area contributed by atoms with E-state index >= 15 is 0 Å². The molecule has 0 amide bonds. The maximum atomic E-state index is 5.78. The van der Waals surface area contributed by atoms with E-state index < -0.39 is 0 Å². The van der Waals surface area contributed by atoms with Crippen LogP contribution in [0, 0.1) is 6.92 Å². The van der Waals surface area contributed by atoms with Crippen molar-refractivity contribution >= 4 is 11.3 Å². The summed E-state index contributed by atoms with van der Waals surface area (Å²) < 4.78 is 5.78. The van der Waals surface area contributed by atoms with Gasteiger partial charge in [0.25, 0.3) is 0 Å². The number of rotatable bonds is 7. The molecule has 1 rings (SSSR count). The van der Waals surface area contributed by atoms with Crippen LogP contribution in [0.15, 0.2) is 6.07 Å². The van der Waals surface area contributed by atoms with Gasteiger partial charge in [0.15, 0.2) is 0 Å². The van der Waals surface area contributed by atoms with Crippen molar-refractivity contribution in [2.45, 2.75) is 66.3 Å². The molecule has 98 valence electrons. The molecular formula is C14H25NOS. The van der Waals surface area contributed by atoms with E-state index in [2.05, 4.69) is 46.0 Å². The van der Waals surface area contributed by atoms with Gasteiger partial charge in [0, 0.05) is 22.3 Å². The highest BCUT2D eigenvalue weighted by Crippen LogP contribution is 2.22. The molecule has 0 bridgehead atoms. The first kappa shape index (κ1) is 14.7. The molecule has 1 aromatic rings. The summed E-state index contributed by atoms with van der Waals surface area (Å²) in [6.45, 7) is 12.5. The van der Waals surface area contributed by atoms with Crippen LogP contribution in [0.5, 0.6) is 0 Å². The minimum Gasteiger partial charge on any atom is -0.374 e.